The van der Waals surface area contributed by atoms with Gasteiger partial charge in [-0.3, -0.25) is 4.79 Å². The molecule has 0 unspecified atom stereocenters. The molecule has 0 saturated carbocycles. The second-order valence-corrected chi connectivity index (χ2v) is 4.74. The fourth-order valence-electron chi connectivity index (χ4n) is 1.28. The van der Waals surface area contributed by atoms with Crippen LogP contribution >= 0.6 is 27.5 Å². The molecule has 0 bridgehead atoms. The summed E-state index contributed by atoms with van der Waals surface area (Å²) in [6.07, 6.45) is 1.39. The van der Waals surface area contributed by atoms with Crippen molar-refractivity contribution in [2.24, 2.45) is 0 Å². The van der Waals surface area contributed by atoms with Crippen LogP contribution < -0.4 is 5.32 Å². The van der Waals surface area contributed by atoms with Gasteiger partial charge in [0.05, 0.1) is 9.50 Å². The number of halogens is 3. The van der Waals surface area contributed by atoms with E-state index in [1.807, 2.05) is 0 Å². The predicted octanol–water partition coefficient (Wildman–Crippen LogP) is 3.89. The van der Waals surface area contributed by atoms with E-state index in [4.69, 9.17) is 11.6 Å². The molecule has 1 aromatic carbocycles. The molecule has 0 aliphatic carbocycles. The number of hydrogen-bond acceptors (Lipinski definition) is 2. The van der Waals surface area contributed by atoms with E-state index in [2.05, 4.69) is 26.2 Å². The van der Waals surface area contributed by atoms with Gasteiger partial charge in [-0.25, -0.2) is 9.37 Å². The van der Waals surface area contributed by atoms with Gasteiger partial charge in [0, 0.05) is 11.9 Å². The van der Waals surface area contributed by atoms with Gasteiger partial charge in [-0.15, -0.1) is 0 Å². The molecule has 0 spiro atoms. The number of rotatable bonds is 2. The number of anilines is 1. The van der Waals surface area contributed by atoms with Gasteiger partial charge in [-0.2, -0.15) is 0 Å². The van der Waals surface area contributed by atoms with Crippen molar-refractivity contribution in [3.05, 3.63) is 57.5 Å². The molecule has 1 heterocycles. The van der Waals surface area contributed by atoms with Gasteiger partial charge in [0.15, 0.2) is 0 Å². The van der Waals surface area contributed by atoms with E-state index in [1.54, 1.807) is 6.07 Å². The van der Waals surface area contributed by atoms with Crippen LogP contribution in [0, 0.1) is 5.82 Å². The van der Waals surface area contributed by atoms with E-state index >= 15 is 0 Å². The highest BCUT2D eigenvalue weighted by Crippen LogP contribution is 2.20. The fraction of sp³-hybridized carbons (Fsp3) is 0. The molecule has 0 radical (unpaired) electrons. The van der Waals surface area contributed by atoms with Crippen LogP contribution in [0.5, 0.6) is 0 Å². The van der Waals surface area contributed by atoms with Crippen LogP contribution in [-0.4, -0.2) is 10.9 Å². The summed E-state index contributed by atoms with van der Waals surface area (Å²) in [6.45, 7) is 0. The van der Waals surface area contributed by atoms with Crippen molar-refractivity contribution in [1.82, 2.24) is 4.98 Å². The molecular formula is C12H7BrClFN2O. The van der Waals surface area contributed by atoms with Crippen molar-refractivity contribution < 1.29 is 9.18 Å². The zero-order valence-corrected chi connectivity index (χ0v) is 11.3. The first-order chi connectivity index (χ1) is 8.56. The number of carbonyl (C=O) groups excluding carboxylic acids is 1. The third-order valence-electron chi connectivity index (χ3n) is 2.14. The molecular weight excluding hydrogens is 322 g/mol. The third-order valence-corrected chi connectivity index (χ3v) is 2.97. The van der Waals surface area contributed by atoms with Crippen LogP contribution in [0.25, 0.3) is 0 Å². The Bertz CT molecular complexity index is 589. The number of nitrogens with one attached hydrogen (secondary N) is 1. The van der Waals surface area contributed by atoms with Gasteiger partial charge in [-0.05, 0) is 46.3 Å². The van der Waals surface area contributed by atoms with Crippen molar-refractivity contribution in [1.29, 1.82) is 0 Å². The minimum absolute atomic E-state index is 0.236. The van der Waals surface area contributed by atoms with E-state index in [-0.39, 0.29) is 16.1 Å². The van der Waals surface area contributed by atoms with Crippen LogP contribution in [0.4, 0.5) is 10.1 Å². The molecule has 2 rings (SSSR count). The standard InChI is InChI=1S/C12H7BrClFN2O/c13-9-5-8(2-3-10(9)15)17-12(18)11-4-1-7(14)6-16-11/h1-6H,(H,17,18). The SMILES string of the molecule is O=C(Nc1ccc(F)c(Br)c1)c1ccc(Cl)cn1. The number of hydrogen-bond donors (Lipinski definition) is 1. The molecule has 3 nitrogen and oxygen atoms in total. The predicted molar refractivity (Wildman–Crippen MR) is 71.3 cm³/mol. The summed E-state index contributed by atoms with van der Waals surface area (Å²) in [4.78, 5) is 15.7. The first-order valence-corrected chi connectivity index (χ1v) is 6.11. The maximum Gasteiger partial charge on any atom is 0.274 e. The Kier molecular flexibility index (Phi) is 3.93. The van der Waals surface area contributed by atoms with E-state index in [0.717, 1.165) is 0 Å². The maximum absolute atomic E-state index is 13.0. The topological polar surface area (TPSA) is 42.0 Å². The smallest absolute Gasteiger partial charge is 0.274 e. The molecule has 6 heteroatoms. The maximum atomic E-state index is 13.0. The Hall–Kier alpha value is -1.46. The molecule has 2 aromatic rings. The van der Waals surface area contributed by atoms with Crippen LogP contribution in [0.2, 0.25) is 5.02 Å². The van der Waals surface area contributed by atoms with Gasteiger partial charge >= 0.3 is 0 Å². The molecule has 1 N–H and O–H groups in total. The second kappa shape index (κ2) is 5.46. The molecule has 0 atom stereocenters. The van der Waals surface area contributed by atoms with Crippen molar-refractivity contribution in [3.63, 3.8) is 0 Å². The van der Waals surface area contributed by atoms with Crippen LogP contribution in [0.3, 0.4) is 0 Å². The van der Waals surface area contributed by atoms with Gasteiger partial charge in [-0.1, -0.05) is 11.6 Å². The normalized spacial score (nSPS) is 10.2. The average molecular weight is 330 g/mol. The molecule has 1 aromatic heterocycles. The molecule has 0 aliphatic heterocycles. The minimum atomic E-state index is -0.391. The van der Waals surface area contributed by atoms with Crippen molar-refractivity contribution in [2.75, 3.05) is 5.32 Å². The van der Waals surface area contributed by atoms with Crippen molar-refractivity contribution in [2.45, 2.75) is 0 Å². The second-order valence-electron chi connectivity index (χ2n) is 3.44. The number of carbonyl (C=O) groups is 1. The number of amides is 1. The van der Waals surface area contributed by atoms with Crippen LogP contribution in [-0.2, 0) is 0 Å². The van der Waals surface area contributed by atoms with Gasteiger partial charge in [0.1, 0.15) is 11.5 Å². The van der Waals surface area contributed by atoms with E-state index in [0.29, 0.717) is 10.7 Å². The molecule has 0 aliphatic rings. The van der Waals surface area contributed by atoms with Gasteiger partial charge in [0.25, 0.3) is 5.91 Å². The monoisotopic (exact) mass is 328 g/mol. The largest absolute Gasteiger partial charge is 0.321 e. The zero-order valence-electron chi connectivity index (χ0n) is 8.95. The third kappa shape index (κ3) is 3.05. The van der Waals surface area contributed by atoms with Crippen LogP contribution in [0.1, 0.15) is 10.5 Å². The summed E-state index contributed by atoms with van der Waals surface area (Å²) in [7, 11) is 0. The van der Waals surface area contributed by atoms with E-state index in [9.17, 15) is 9.18 Å². The number of aromatic nitrogens is 1. The summed E-state index contributed by atoms with van der Waals surface area (Å²) < 4.78 is 13.3. The van der Waals surface area contributed by atoms with E-state index in [1.165, 1.54) is 30.5 Å². The Balaban J connectivity index is 2.16. The number of benzene rings is 1. The summed E-state index contributed by atoms with van der Waals surface area (Å²) in [6, 6.07) is 7.28. The summed E-state index contributed by atoms with van der Waals surface area (Å²) in [5, 5.41) is 3.06. The first kappa shape index (κ1) is 13.0. The van der Waals surface area contributed by atoms with Crippen LogP contribution in [0.15, 0.2) is 41.0 Å². The molecule has 1 amide bonds. The highest BCUT2D eigenvalue weighted by molar-refractivity contribution is 9.10. The summed E-state index contributed by atoms with van der Waals surface area (Å²) in [5.41, 5.74) is 0.713. The minimum Gasteiger partial charge on any atom is -0.321 e. The van der Waals surface area contributed by atoms with Crippen molar-refractivity contribution in [3.8, 4) is 0 Å². The van der Waals surface area contributed by atoms with E-state index < -0.39 is 5.82 Å². The van der Waals surface area contributed by atoms with Gasteiger partial charge in [0.2, 0.25) is 0 Å². The Morgan fingerprint density at radius 1 is 1.33 bits per heavy atom. The summed E-state index contributed by atoms with van der Waals surface area (Å²) >= 11 is 8.72. The lowest BCUT2D eigenvalue weighted by Crippen LogP contribution is -2.13. The lowest BCUT2D eigenvalue weighted by molar-refractivity contribution is 0.102. The fourth-order valence-corrected chi connectivity index (χ4v) is 1.77. The Labute approximate surface area is 116 Å². The number of nitrogens with zero attached hydrogens (tertiary/aromatic N) is 1. The zero-order chi connectivity index (χ0) is 13.1. The lowest BCUT2D eigenvalue weighted by Gasteiger charge is -2.05. The molecule has 0 fully saturated rings. The quantitative estimate of drug-likeness (QED) is 0.908. The van der Waals surface area contributed by atoms with Gasteiger partial charge < -0.3 is 5.32 Å². The molecule has 0 saturated heterocycles. The summed E-state index contributed by atoms with van der Waals surface area (Å²) in [5.74, 6) is -0.775. The number of pyridine rings is 1. The molecule has 92 valence electrons. The Morgan fingerprint density at radius 3 is 2.72 bits per heavy atom. The Morgan fingerprint density at radius 2 is 2.11 bits per heavy atom. The highest BCUT2D eigenvalue weighted by atomic mass is 79.9. The first-order valence-electron chi connectivity index (χ1n) is 4.94. The molecule has 18 heavy (non-hydrogen) atoms. The average Bonchev–Trinajstić information content (AvgIpc) is 2.34. The van der Waals surface area contributed by atoms with Crippen molar-refractivity contribution >= 4 is 39.1 Å². The lowest BCUT2D eigenvalue weighted by atomic mass is 10.3. The highest BCUT2D eigenvalue weighted by Gasteiger charge is 2.08.